The fourth-order valence-corrected chi connectivity index (χ4v) is 7.42. The molecule has 2 unspecified atom stereocenters. The summed E-state index contributed by atoms with van der Waals surface area (Å²) in [4.78, 5) is 72.8. The van der Waals surface area contributed by atoms with Crippen molar-refractivity contribution in [3.05, 3.63) is 42.7 Å². The fourth-order valence-electron chi connectivity index (χ4n) is 4.82. The molecule has 282 valence electrons. The number of carbonyl (C=O) groups excluding carboxylic acids is 1. The van der Waals surface area contributed by atoms with E-state index in [1.807, 2.05) is 0 Å². The second kappa shape index (κ2) is 16.1. The number of ether oxygens (including phenoxy) is 2. The number of aliphatic hydroxyl groups excluding tert-OH is 3. The van der Waals surface area contributed by atoms with Crippen LogP contribution in [0.2, 0.25) is 0 Å². The number of carboxylic acid groups (broad SMARTS) is 1. The molecule has 0 aliphatic carbocycles. The number of nitrogens with zero attached hydrogens (tertiary/aromatic N) is 5. The van der Waals surface area contributed by atoms with Crippen molar-refractivity contribution in [2.75, 3.05) is 18.9 Å². The van der Waals surface area contributed by atoms with Crippen LogP contribution in [-0.4, -0.2) is 117 Å². The first-order valence-corrected chi connectivity index (χ1v) is 18.3. The van der Waals surface area contributed by atoms with Crippen molar-refractivity contribution in [1.29, 1.82) is 0 Å². The highest BCUT2D eigenvalue weighted by Crippen LogP contribution is 2.58. The van der Waals surface area contributed by atoms with Crippen LogP contribution in [0.4, 0.5) is 5.82 Å². The highest BCUT2D eigenvalue weighted by Gasteiger charge is 2.51. The Morgan fingerprint density at radius 2 is 1.69 bits per heavy atom. The minimum atomic E-state index is -5.72. The van der Waals surface area contributed by atoms with Gasteiger partial charge in [-0.05, 0) is 6.07 Å². The molecule has 3 aromatic rings. The van der Waals surface area contributed by atoms with Crippen LogP contribution in [0, 0.1) is 0 Å². The van der Waals surface area contributed by atoms with Crippen LogP contribution in [0.1, 0.15) is 22.8 Å². The standard InChI is InChI=1S/C21H28N7O17P3.CH2O2/c22-17-12-19(25-7-24-17)28(8-26-12)21-16(44-46(33,34)35)14(30)11(43-21)6-41-48(38,39)45-47(36,37)40-5-10-13(29)15(31)20(42-10)27-3-1-2-9(4-27)18(23)32;2-1-3/h1-4,7-8,10-11,13-16,20-21,29-31H,5-6H2,(H7-,22,23,24,25,32,33,34,35,36,37,38,39);1H,(H,2,3)/t10-,11-,13-,14-,15-,16-,20-,21-;/m1./s1. The highest BCUT2D eigenvalue weighted by atomic mass is 31.3. The van der Waals surface area contributed by atoms with Gasteiger partial charge in [0, 0.05) is 6.07 Å². The van der Waals surface area contributed by atoms with E-state index in [1.165, 1.54) is 29.1 Å². The van der Waals surface area contributed by atoms with Gasteiger partial charge in [0.2, 0.25) is 0 Å². The van der Waals surface area contributed by atoms with Crippen molar-refractivity contribution in [2.45, 2.75) is 49.1 Å². The molecule has 51 heavy (non-hydrogen) atoms. The average molecular weight is 789 g/mol. The van der Waals surface area contributed by atoms with Crippen LogP contribution in [-0.2, 0) is 45.8 Å². The summed E-state index contributed by atoms with van der Waals surface area (Å²) in [6.07, 6.45) is -8.59. The maximum Gasteiger partial charge on any atom is 0.478 e. The van der Waals surface area contributed by atoms with E-state index in [4.69, 9.17) is 30.8 Å². The molecule has 10 atom stereocenters. The van der Waals surface area contributed by atoms with Crippen LogP contribution in [0.5, 0.6) is 0 Å². The van der Waals surface area contributed by atoms with Crippen LogP contribution in [0.15, 0.2) is 37.2 Å². The first-order valence-electron chi connectivity index (χ1n) is 13.8. The number of rotatable bonds is 13. The van der Waals surface area contributed by atoms with Crippen LogP contribution in [0.25, 0.3) is 11.2 Å². The van der Waals surface area contributed by atoms with Crippen molar-refractivity contribution in [3.63, 3.8) is 0 Å². The minimum Gasteiger partial charge on any atom is -0.756 e. The number of nitrogens with two attached hydrogens (primary N) is 2. The second-order valence-electron chi connectivity index (χ2n) is 10.3. The van der Waals surface area contributed by atoms with Gasteiger partial charge in [-0.3, -0.25) is 27.8 Å². The molecule has 0 spiro atoms. The summed E-state index contributed by atoms with van der Waals surface area (Å²) in [7, 11) is -16.6. The predicted molar refractivity (Wildman–Crippen MR) is 157 cm³/mol. The molecule has 2 saturated heterocycles. The Bertz CT molecular complexity index is 1860. The number of anilines is 1. The first kappa shape index (κ1) is 40.4. The molecule has 5 heterocycles. The van der Waals surface area contributed by atoms with Crippen molar-refractivity contribution in [2.24, 2.45) is 5.73 Å². The molecular weight excluding hydrogens is 759 g/mol. The Hall–Kier alpha value is -3.39. The number of pyridine rings is 1. The molecule has 26 nitrogen and oxygen atoms in total. The number of primary amides is 1. The summed E-state index contributed by atoms with van der Waals surface area (Å²) in [5.74, 6) is -0.862. The number of hydrogen-bond donors (Lipinski definition) is 9. The Labute approximate surface area is 284 Å². The Balaban J connectivity index is 0.00000188. The zero-order valence-corrected chi connectivity index (χ0v) is 28.0. The lowest BCUT2D eigenvalue weighted by molar-refractivity contribution is -0.765. The SMILES string of the molecule is NC(=O)c1ccc[n+]([C@@H]2O[C@H](COP(=O)([O-])OP(=O)(O)OC[C@H]3O[C@@H](n4cnc5c(N)ncnc54)[C@H](OP(=O)(O)O)[C@@H]3O)[C@@H](O)[C@H]2O)c1.O=CO. The molecule has 5 rings (SSSR count). The predicted octanol–water partition coefficient (Wildman–Crippen LogP) is -3.83. The number of amides is 1. The number of phosphoric acid groups is 3. The van der Waals surface area contributed by atoms with E-state index in [-0.39, 0.29) is 29.0 Å². The van der Waals surface area contributed by atoms with Gasteiger partial charge in [-0.2, -0.15) is 4.57 Å². The largest absolute Gasteiger partial charge is 0.756 e. The number of aromatic nitrogens is 5. The molecule has 0 radical (unpaired) electrons. The van der Waals surface area contributed by atoms with Crippen molar-refractivity contribution < 1.29 is 95.2 Å². The number of phosphoric ester groups is 3. The normalized spacial score (nSPS) is 28.8. The minimum absolute atomic E-state index is 0.00541. The first-order chi connectivity index (χ1) is 23.8. The van der Waals surface area contributed by atoms with E-state index in [9.17, 15) is 53.4 Å². The number of carbonyl (C=O) groups is 2. The summed E-state index contributed by atoms with van der Waals surface area (Å²) in [5.41, 5.74) is 11.1. The van der Waals surface area contributed by atoms with Crippen molar-refractivity contribution in [3.8, 4) is 0 Å². The number of aliphatic hydroxyl groups is 3. The van der Waals surface area contributed by atoms with Gasteiger partial charge in [-0.1, -0.05) is 0 Å². The van der Waals surface area contributed by atoms with E-state index in [2.05, 4.69) is 32.8 Å². The van der Waals surface area contributed by atoms with Gasteiger partial charge in [-0.25, -0.2) is 28.4 Å². The third kappa shape index (κ3) is 9.94. The average Bonchev–Trinajstić information content (AvgIpc) is 3.69. The molecule has 0 saturated carbocycles. The van der Waals surface area contributed by atoms with Crippen LogP contribution < -0.4 is 20.9 Å². The molecule has 3 aromatic heterocycles. The summed E-state index contributed by atoms with van der Waals surface area (Å²) < 4.78 is 67.9. The summed E-state index contributed by atoms with van der Waals surface area (Å²) >= 11 is 0. The van der Waals surface area contributed by atoms with E-state index >= 15 is 0 Å². The fraction of sp³-hybridized carbons (Fsp3) is 0.455. The van der Waals surface area contributed by atoms with Gasteiger partial charge in [0.25, 0.3) is 26.4 Å². The van der Waals surface area contributed by atoms with E-state index in [0.29, 0.717) is 0 Å². The quantitative estimate of drug-likeness (QED) is 0.0455. The van der Waals surface area contributed by atoms with Gasteiger partial charge in [0.05, 0.1) is 19.5 Å². The molecular formula is C22H30N7O19P3. The van der Waals surface area contributed by atoms with E-state index < -0.39 is 91.7 Å². The van der Waals surface area contributed by atoms with Gasteiger partial charge in [0.1, 0.15) is 47.9 Å². The maximum absolute atomic E-state index is 12.5. The molecule has 11 N–H and O–H groups in total. The monoisotopic (exact) mass is 789 g/mol. The lowest BCUT2D eigenvalue weighted by Gasteiger charge is -2.26. The molecule has 0 aromatic carbocycles. The Morgan fingerprint density at radius 3 is 2.33 bits per heavy atom. The summed E-state index contributed by atoms with van der Waals surface area (Å²) in [6.45, 7) is -2.37. The third-order valence-corrected chi connectivity index (χ3v) is 10.1. The zero-order chi connectivity index (χ0) is 37.9. The van der Waals surface area contributed by atoms with Crippen LogP contribution in [0.3, 0.4) is 0 Å². The van der Waals surface area contributed by atoms with Gasteiger partial charge < -0.3 is 65.5 Å². The lowest BCUT2D eigenvalue weighted by atomic mass is 10.1. The third-order valence-electron chi connectivity index (χ3n) is 6.97. The Kier molecular flexibility index (Phi) is 12.7. The van der Waals surface area contributed by atoms with Crippen molar-refractivity contribution >= 4 is 52.8 Å². The molecule has 2 fully saturated rings. The summed E-state index contributed by atoms with van der Waals surface area (Å²) in [5, 5.41) is 38.4. The Morgan fingerprint density at radius 1 is 1.04 bits per heavy atom. The zero-order valence-electron chi connectivity index (χ0n) is 25.3. The number of imidazole rings is 1. The van der Waals surface area contributed by atoms with E-state index in [1.54, 1.807) is 0 Å². The highest BCUT2D eigenvalue weighted by molar-refractivity contribution is 7.60. The molecule has 0 bridgehead atoms. The van der Waals surface area contributed by atoms with E-state index in [0.717, 1.165) is 17.2 Å². The maximum atomic E-state index is 12.5. The smallest absolute Gasteiger partial charge is 0.478 e. The molecule has 2 aliphatic heterocycles. The number of hydrogen-bond acceptors (Lipinski definition) is 19. The summed E-state index contributed by atoms with van der Waals surface area (Å²) in [6, 6.07) is 2.77. The topological polar surface area (TPSA) is 405 Å². The second-order valence-corrected chi connectivity index (χ2v) is 14.5. The van der Waals surface area contributed by atoms with Crippen LogP contribution >= 0.6 is 23.5 Å². The van der Waals surface area contributed by atoms with Crippen molar-refractivity contribution in [1.82, 2.24) is 19.5 Å². The number of nitrogen functional groups attached to an aromatic ring is 1. The van der Waals surface area contributed by atoms with Gasteiger partial charge >= 0.3 is 15.6 Å². The molecule has 2 aliphatic rings. The molecule has 29 heteroatoms. The van der Waals surface area contributed by atoms with Gasteiger partial charge in [-0.15, -0.1) is 0 Å². The van der Waals surface area contributed by atoms with Gasteiger partial charge in [0.15, 0.2) is 36.2 Å². The lowest BCUT2D eigenvalue weighted by Crippen LogP contribution is -2.46. The molecule has 1 amide bonds. The number of fused-ring (bicyclic) bond motifs is 1.